The Morgan fingerprint density at radius 2 is 0.628 bits per heavy atom. The lowest BCUT2D eigenvalue weighted by Crippen LogP contribution is -2.30. The second-order valence-corrected chi connectivity index (χ2v) is 30.5. The molecule has 19 heteroatoms. The fraction of sp³-hybridized carbons (Fsp3) is 0.893. The molecule has 94 heavy (non-hydrogen) atoms. The van der Waals surface area contributed by atoms with Crippen molar-refractivity contribution in [2.45, 2.75) is 375 Å². The lowest BCUT2D eigenvalue weighted by atomic mass is 10.00. The zero-order chi connectivity index (χ0) is 69.4. The van der Waals surface area contributed by atoms with Gasteiger partial charge >= 0.3 is 39.5 Å². The Balaban J connectivity index is 5.27. The average molecular weight is 1380 g/mol. The van der Waals surface area contributed by atoms with Gasteiger partial charge in [0.2, 0.25) is 0 Å². The van der Waals surface area contributed by atoms with Gasteiger partial charge in [0.05, 0.1) is 26.4 Å². The van der Waals surface area contributed by atoms with Gasteiger partial charge in [-0.2, -0.15) is 0 Å². The van der Waals surface area contributed by atoms with Gasteiger partial charge in [-0.15, -0.1) is 0 Å². The molecule has 17 nitrogen and oxygen atoms in total. The van der Waals surface area contributed by atoms with Gasteiger partial charge < -0.3 is 33.8 Å². The van der Waals surface area contributed by atoms with E-state index in [1.54, 1.807) is 0 Å². The Kier molecular flexibility index (Phi) is 63.5. The van der Waals surface area contributed by atoms with E-state index in [0.29, 0.717) is 25.7 Å². The van der Waals surface area contributed by atoms with Crippen molar-refractivity contribution in [2.24, 2.45) is 17.8 Å². The smallest absolute Gasteiger partial charge is 0.462 e. The van der Waals surface area contributed by atoms with Gasteiger partial charge in [-0.1, -0.05) is 304 Å². The highest BCUT2D eigenvalue weighted by Crippen LogP contribution is 2.45. The number of carbonyl (C=O) groups is 4. The number of phosphoric acid groups is 2. The number of esters is 4. The van der Waals surface area contributed by atoms with Crippen LogP contribution in [-0.4, -0.2) is 96.7 Å². The summed E-state index contributed by atoms with van der Waals surface area (Å²) in [6, 6.07) is 0. The van der Waals surface area contributed by atoms with E-state index in [1.807, 2.05) is 0 Å². The molecular weight excluding hydrogens is 1230 g/mol. The summed E-state index contributed by atoms with van der Waals surface area (Å²) >= 11 is 0. The summed E-state index contributed by atoms with van der Waals surface area (Å²) in [7, 11) is -9.92. The first kappa shape index (κ1) is 91.5. The van der Waals surface area contributed by atoms with Crippen LogP contribution in [0.2, 0.25) is 0 Å². The van der Waals surface area contributed by atoms with Gasteiger partial charge in [-0.25, -0.2) is 9.13 Å². The minimum atomic E-state index is -4.96. The second kappa shape index (κ2) is 65.2. The molecule has 0 rings (SSSR count). The van der Waals surface area contributed by atoms with Crippen LogP contribution in [0.15, 0.2) is 24.3 Å². The van der Waals surface area contributed by atoms with Gasteiger partial charge in [0.25, 0.3) is 0 Å². The average Bonchev–Trinajstić information content (AvgIpc) is 2.23. The van der Waals surface area contributed by atoms with Crippen LogP contribution in [0.3, 0.4) is 0 Å². The highest BCUT2D eigenvalue weighted by Gasteiger charge is 2.30. The van der Waals surface area contributed by atoms with E-state index in [-0.39, 0.29) is 25.7 Å². The summed E-state index contributed by atoms with van der Waals surface area (Å²) in [4.78, 5) is 72.7. The first-order chi connectivity index (χ1) is 45.3. The van der Waals surface area contributed by atoms with Crippen molar-refractivity contribution in [3.05, 3.63) is 24.3 Å². The third-order valence-electron chi connectivity index (χ3n) is 17.1. The molecule has 3 N–H and O–H groups in total. The predicted octanol–water partition coefficient (Wildman–Crippen LogP) is 21.3. The van der Waals surface area contributed by atoms with Gasteiger partial charge in [0.1, 0.15) is 19.3 Å². The van der Waals surface area contributed by atoms with E-state index in [2.05, 4.69) is 72.8 Å². The largest absolute Gasteiger partial charge is 0.472 e. The summed E-state index contributed by atoms with van der Waals surface area (Å²) in [5.74, 6) is 0.0903. The zero-order valence-corrected chi connectivity index (χ0v) is 62.7. The van der Waals surface area contributed by atoms with Crippen LogP contribution >= 0.6 is 15.6 Å². The molecule has 0 radical (unpaired) electrons. The van der Waals surface area contributed by atoms with E-state index in [1.165, 1.54) is 148 Å². The normalized spacial score (nSPS) is 14.6. The summed E-state index contributed by atoms with van der Waals surface area (Å²) in [5.41, 5.74) is 0. The topological polar surface area (TPSA) is 237 Å². The van der Waals surface area contributed by atoms with Crippen molar-refractivity contribution in [1.82, 2.24) is 0 Å². The van der Waals surface area contributed by atoms with E-state index in [9.17, 15) is 43.2 Å². The lowest BCUT2D eigenvalue weighted by molar-refractivity contribution is -0.161. The fourth-order valence-corrected chi connectivity index (χ4v) is 12.4. The van der Waals surface area contributed by atoms with Crippen LogP contribution in [0, 0.1) is 17.8 Å². The van der Waals surface area contributed by atoms with Crippen molar-refractivity contribution in [3.63, 3.8) is 0 Å². The molecule has 0 aromatic rings. The molecule has 0 amide bonds. The Labute approximate surface area is 573 Å². The Bertz CT molecular complexity index is 1930. The maximum Gasteiger partial charge on any atom is 0.472 e. The van der Waals surface area contributed by atoms with Crippen molar-refractivity contribution < 1.29 is 80.2 Å². The number of allylic oxidation sites excluding steroid dienone is 4. The highest BCUT2D eigenvalue weighted by atomic mass is 31.2. The van der Waals surface area contributed by atoms with Crippen molar-refractivity contribution >= 4 is 39.5 Å². The van der Waals surface area contributed by atoms with Crippen LogP contribution in [0.25, 0.3) is 0 Å². The molecule has 554 valence electrons. The maximum absolute atomic E-state index is 13.1. The molecule has 6 atom stereocenters. The number of rotatable bonds is 71. The first-order valence-electron chi connectivity index (χ1n) is 38.2. The van der Waals surface area contributed by atoms with Crippen molar-refractivity contribution in [3.8, 4) is 0 Å². The zero-order valence-electron chi connectivity index (χ0n) is 60.9. The SMILES string of the molecule is CCCCCC/C=C\C=C/CCCCCCCC(=O)OC[C@H](COP(=O)(O)OCC(O)COP(=O)(O)OC[C@@H](COC(=O)CCCCCCCCCCC(C)C)OC(=O)CCCCCCCCC(C)CC)OC(=O)CCCCCCCCCCCCCCCCCC(C)C. The van der Waals surface area contributed by atoms with Crippen LogP contribution < -0.4 is 0 Å². The molecule has 0 aliphatic carbocycles. The fourth-order valence-electron chi connectivity index (χ4n) is 10.9. The molecule has 0 aliphatic heterocycles. The third-order valence-corrected chi connectivity index (χ3v) is 19.0. The van der Waals surface area contributed by atoms with Crippen LogP contribution in [-0.2, 0) is 65.4 Å². The second-order valence-electron chi connectivity index (χ2n) is 27.5. The molecule has 0 aliphatic rings. The van der Waals surface area contributed by atoms with Crippen molar-refractivity contribution in [2.75, 3.05) is 39.6 Å². The number of hydrogen-bond donors (Lipinski definition) is 3. The number of carbonyl (C=O) groups excluding carboxylic acids is 4. The molecule has 0 heterocycles. The summed E-state index contributed by atoms with van der Waals surface area (Å²) in [6.45, 7) is 11.8. The van der Waals surface area contributed by atoms with Gasteiger partial charge in [0, 0.05) is 25.7 Å². The monoisotopic (exact) mass is 1380 g/mol. The number of ether oxygens (including phenoxy) is 4. The minimum Gasteiger partial charge on any atom is -0.462 e. The lowest BCUT2D eigenvalue weighted by Gasteiger charge is -2.21. The number of aliphatic hydroxyl groups excluding tert-OH is 1. The number of hydrogen-bond acceptors (Lipinski definition) is 15. The highest BCUT2D eigenvalue weighted by molar-refractivity contribution is 7.47. The van der Waals surface area contributed by atoms with Crippen molar-refractivity contribution in [1.29, 1.82) is 0 Å². The molecule has 4 unspecified atom stereocenters. The van der Waals surface area contributed by atoms with Gasteiger partial charge in [0.15, 0.2) is 12.2 Å². The predicted molar refractivity (Wildman–Crippen MR) is 381 cm³/mol. The van der Waals surface area contributed by atoms with E-state index in [4.69, 9.17) is 37.0 Å². The molecule has 0 aromatic carbocycles. The van der Waals surface area contributed by atoms with Crippen LogP contribution in [0.4, 0.5) is 0 Å². The Morgan fingerprint density at radius 1 is 0.351 bits per heavy atom. The minimum absolute atomic E-state index is 0.0999. The van der Waals surface area contributed by atoms with Crippen LogP contribution in [0.1, 0.15) is 357 Å². The maximum atomic E-state index is 13.1. The molecule has 0 fully saturated rings. The van der Waals surface area contributed by atoms with E-state index >= 15 is 0 Å². The van der Waals surface area contributed by atoms with Gasteiger partial charge in [-0.05, 0) is 69.1 Å². The first-order valence-corrected chi connectivity index (χ1v) is 41.2. The standard InChI is InChI=1S/C75H142O17P2/c1-8-10-11-12-13-14-15-16-18-22-25-28-34-42-49-56-72(77)85-62-70(91-74(79)58-51-44-36-29-26-23-20-17-19-21-24-27-32-39-46-53-66(3)4)64-89-93(81,82)87-60-69(76)61-88-94(83,84)90-65-71(92-75(80)59-52-45-38-37-41-48-55-68(7)9-2)63-86-73(78)57-50-43-35-31-30-33-40-47-54-67(5)6/h14-16,18,66-71,76H,8-13,17,19-65H2,1-7H3,(H,81,82)(H,83,84)/b15-14-,18-16-/t68?,69?,70-,71-/m1/s1. The molecule has 0 aromatic heterocycles. The Hall–Kier alpha value is -2.46. The molecule has 0 spiro atoms. The van der Waals surface area contributed by atoms with Gasteiger partial charge in [-0.3, -0.25) is 37.3 Å². The number of unbranched alkanes of at least 4 members (excludes halogenated alkanes) is 35. The van der Waals surface area contributed by atoms with Crippen LogP contribution in [0.5, 0.6) is 0 Å². The molecule has 0 saturated heterocycles. The number of aliphatic hydroxyl groups is 1. The summed E-state index contributed by atoms with van der Waals surface area (Å²) < 4.78 is 68.4. The number of phosphoric ester groups is 2. The molecule has 0 bridgehead atoms. The summed E-state index contributed by atoms with van der Waals surface area (Å²) in [6.07, 6.45) is 53.7. The molecule has 0 saturated carbocycles. The quantitative estimate of drug-likeness (QED) is 0.0169. The third kappa shape index (κ3) is 66.8. The van der Waals surface area contributed by atoms with E-state index < -0.39 is 97.5 Å². The Morgan fingerprint density at radius 3 is 0.947 bits per heavy atom. The summed E-state index contributed by atoms with van der Waals surface area (Å²) in [5, 5.41) is 10.6. The van der Waals surface area contributed by atoms with E-state index in [0.717, 1.165) is 127 Å². The molecular formula is C75H142O17P2.